The van der Waals surface area contributed by atoms with Gasteiger partial charge in [0, 0.05) is 15.9 Å². The molecule has 2 aromatic rings. The number of aromatic nitrogens is 2. The number of hydrogen-bond donors (Lipinski definition) is 0. The molecule has 0 fully saturated rings. The van der Waals surface area contributed by atoms with Crippen molar-refractivity contribution in [1.82, 2.24) is 10.2 Å². The highest BCUT2D eigenvalue weighted by Crippen LogP contribution is 2.26. The highest BCUT2D eigenvalue weighted by molar-refractivity contribution is 5.90. The molecule has 0 unspecified atom stereocenters. The summed E-state index contributed by atoms with van der Waals surface area (Å²) in [6, 6.07) is 2.84. The van der Waals surface area contributed by atoms with Crippen LogP contribution in [0, 0.1) is 12.7 Å². The molecule has 0 saturated carbocycles. The van der Waals surface area contributed by atoms with Gasteiger partial charge in [-0.15, -0.1) is 0 Å². The van der Waals surface area contributed by atoms with Gasteiger partial charge in [0.25, 0.3) is 0 Å². The zero-order valence-electron chi connectivity index (χ0n) is 7.85. The lowest BCUT2D eigenvalue weighted by atomic mass is 10.1. The van der Waals surface area contributed by atoms with E-state index in [1.807, 2.05) is 0 Å². The van der Waals surface area contributed by atoms with Gasteiger partial charge in [-0.1, -0.05) is 5.11 Å². The van der Waals surface area contributed by atoms with Gasteiger partial charge in [0.15, 0.2) is 0 Å². The third kappa shape index (κ3) is 1.47. The van der Waals surface area contributed by atoms with E-state index in [0.717, 1.165) is 0 Å². The molecule has 6 heteroatoms. The first kappa shape index (κ1) is 9.36. The molecule has 1 heterocycles. The van der Waals surface area contributed by atoms with Gasteiger partial charge in [-0.05, 0) is 24.6 Å². The molecule has 15 heavy (non-hydrogen) atoms. The third-order valence-electron chi connectivity index (χ3n) is 2.13. The number of rotatable bonds is 1. The van der Waals surface area contributed by atoms with Crippen molar-refractivity contribution < 1.29 is 4.39 Å². The van der Waals surface area contributed by atoms with E-state index in [9.17, 15) is 4.39 Å². The van der Waals surface area contributed by atoms with E-state index in [2.05, 4.69) is 20.2 Å². The van der Waals surface area contributed by atoms with Crippen LogP contribution in [-0.4, -0.2) is 10.2 Å². The first-order valence-corrected chi connectivity index (χ1v) is 4.19. The molecule has 0 aliphatic heterocycles. The molecule has 0 atom stereocenters. The summed E-state index contributed by atoms with van der Waals surface area (Å²) < 4.78 is 13.2. The molecule has 0 N–H and O–H groups in total. The van der Waals surface area contributed by atoms with Crippen molar-refractivity contribution in [3.8, 4) is 0 Å². The molecular formula is C9H6FN5. The Balaban J connectivity index is 2.89. The van der Waals surface area contributed by atoms with Crippen LogP contribution in [0.1, 0.15) is 5.56 Å². The van der Waals surface area contributed by atoms with E-state index in [1.165, 1.54) is 18.3 Å². The summed E-state index contributed by atoms with van der Waals surface area (Å²) in [6.07, 6.45) is 1.35. The van der Waals surface area contributed by atoms with Gasteiger partial charge >= 0.3 is 0 Å². The van der Waals surface area contributed by atoms with Crippen LogP contribution in [0.5, 0.6) is 0 Å². The van der Waals surface area contributed by atoms with Crippen LogP contribution in [0.3, 0.4) is 0 Å². The molecule has 74 valence electrons. The molecule has 2 rings (SSSR count). The molecule has 0 aliphatic carbocycles. The predicted molar refractivity (Wildman–Crippen MR) is 53.0 cm³/mol. The fourth-order valence-electron chi connectivity index (χ4n) is 1.35. The van der Waals surface area contributed by atoms with Crippen molar-refractivity contribution in [1.29, 1.82) is 0 Å². The Morgan fingerprint density at radius 2 is 2.27 bits per heavy atom. The SMILES string of the molecule is Cc1c(F)ccc2c(N=[N+]=[N-])cnnc12. The standard InChI is InChI=1S/C9H6FN5/c1-5-7(10)3-2-6-8(13-15-11)4-12-14-9(5)6/h2-4H,1H3. The van der Waals surface area contributed by atoms with Crippen molar-refractivity contribution in [3.05, 3.63) is 40.2 Å². The minimum atomic E-state index is -0.352. The van der Waals surface area contributed by atoms with Gasteiger partial charge in [-0.25, -0.2) is 4.39 Å². The molecule has 0 saturated heterocycles. The molecular weight excluding hydrogens is 197 g/mol. The summed E-state index contributed by atoms with van der Waals surface area (Å²) in [5.41, 5.74) is 9.51. The molecule has 1 aromatic carbocycles. The van der Waals surface area contributed by atoms with Crippen LogP contribution in [0.4, 0.5) is 10.1 Å². The lowest BCUT2D eigenvalue weighted by Gasteiger charge is -2.02. The van der Waals surface area contributed by atoms with E-state index in [-0.39, 0.29) is 5.82 Å². The van der Waals surface area contributed by atoms with Gasteiger partial charge in [0.2, 0.25) is 0 Å². The Hall–Kier alpha value is -2.20. The largest absolute Gasteiger partial charge is 0.207 e. The number of aryl methyl sites for hydroxylation is 1. The summed E-state index contributed by atoms with van der Waals surface area (Å²) >= 11 is 0. The lowest BCUT2D eigenvalue weighted by Crippen LogP contribution is -1.90. The van der Waals surface area contributed by atoms with E-state index < -0.39 is 0 Å². The topological polar surface area (TPSA) is 74.5 Å². The monoisotopic (exact) mass is 203 g/mol. The second-order valence-electron chi connectivity index (χ2n) is 2.99. The van der Waals surface area contributed by atoms with Crippen LogP contribution < -0.4 is 0 Å². The van der Waals surface area contributed by atoms with Gasteiger partial charge in [-0.3, -0.25) is 0 Å². The maximum absolute atomic E-state index is 13.2. The first-order valence-electron chi connectivity index (χ1n) is 4.19. The maximum atomic E-state index is 13.2. The Labute approximate surface area is 84.2 Å². The second-order valence-corrected chi connectivity index (χ2v) is 2.99. The first-order chi connectivity index (χ1) is 7.24. The van der Waals surface area contributed by atoms with Gasteiger partial charge in [-0.2, -0.15) is 10.2 Å². The van der Waals surface area contributed by atoms with Crippen molar-refractivity contribution in [3.63, 3.8) is 0 Å². The van der Waals surface area contributed by atoms with E-state index in [1.54, 1.807) is 6.92 Å². The number of halogens is 1. The average Bonchev–Trinajstić information content (AvgIpc) is 2.25. The fourth-order valence-corrected chi connectivity index (χ4v) is 1.35. The number of azide groups is 1. The summed E-state index contributed by atoms with van der Waals surface area (Å²) in [5.74, 6) is -0.352. The highest BCUT2D eigenvalue weighted by Gasteiger charge is 2.07. The Bertz CT molecular complexity index is 574. The minimum absolute atomic E-state index is 0.352. The summed E-state index contributed by atoms with van der Waals surface area (Å²) in [5, 5.41) is 11.5. The van der Waals surface area contributed by atoms with Crippen LogP contribution >= 0.6 is 0 Å². The lowest BCUT2D eigenvalue weighted by molar-refractivity contribution is 0.620. The number of nitrogens with zero attached hydrogens (tertiary/aromatic N) is 5. The summed E-state index contributed by atoms with van der Waals surface area (Å²) in [7, 11) is 0. The van der Waals surface area contributed by atoms with Gasteiger partial charge < -0.3 is 0 Å². The van der Waals surface area contributed by atoms with Crippen LogP contribution in [0.15, 0.2) is 23.4 Å². The molecule has 1 aromatic heterocycles. The highest BCUT2D eigenvalue weighted by atomic mass is 19.1. The molecule has 0 radical (unpaired) electrons. The number of fused-ring (bicyclic) bond motifs is 1. The second kappa shape index (κ2) is 3.51. The third-order valence-corrected chi connectivity index (χ3v) is 2.13. The zero-order valence-corrected chi connectivity index (χ0v) is 7.85. The van der Waals surface area contributed by atoms with E-state index in [0.29, 0.717) is 22.2 Å². The van der Waals surface area contributed by atoms with Crippen molar-refractivity contribution in [2.45, 2.75) is 6.92 Å². The van der Waals surface area contributed by atoms with Crippen molar-refractivity contribution >= 4 is 16.6 Å². The van der Waals surface area contributed by atoms with E-state index in [4.69, 9.17) is 5.53 Å². The average molecular weight is 203 g/mol. The van der Waals surface area contributed by atoms with Gasteiger partial charge in [0.05, 0.1) is 17.4 Å². The van der Waals surface area contributed by atoms with Gasteiger partial charge in [0.1, 0.15) is 5.82 Å². The molecule has 0 amide bonds. The zero-order chi connectivity index (χ0) is 10.8. The van der Waals surface area contributed by atoms with Crippen molar-refractivity contribution in [2.75, 3.05) is 0 Å². The number of hydrogen-bond acceptors (Lipinski definition) is 3. The predicted octanol–water partition coefficient (Wildman–Crippen LogP) is 3.02. The fraction of sp³-hybridized carbons (Fsp3) is 0.111. The number of benzene rings is 1. The molecule has 5 nitrogen and oxygen atoms in total. The molecule has 0 bridgehead atoms. The molecule has 0 aliphatic rings. The molecule has 0 spiro atoms. The normalized spacial score (nSPS) is 10.0. The van der Waals surface area contributed by atoms with Crippen molar-refractivity contribution in [2.24, 2.45) is 5.11 Å². The quantitative estimate of drug-likeness (QED) is 0.405. The smallest absolute Gasteiger partial charge is 0.128 e. The summed E-state index contributed by atoms with van der Waals surface area (Å²) in [4.78, 5) is 2.67. The Kier molecular flexibility index (Phi) is 2.19. The minimum Gasteiger partial charge on any atom is -0.207 e. The van der Waals surface area contributed by atoms with Crippen LogP contribution in [0.25, 0.3) is 21.3 Å². The van der Waals surface area contributed by atoms with Crippen LogP contribution in [-0.2, 0) is 0 Å². The summed E-state index contributed by atoms with van der Waals surface area (Å²) in [6.45, 7) is 1.60. The maximum Gasteiger partial charge on any atom is 0.128 e. The Morgan fingerprint density at radius 1 is 1.47 bits per heavy atom. The van der Waals surface area contributed by atoms with E-state index >= 15 is 0 Å². The Morgan fingerprint density at radius 3 is 3.00 bits per heavy atom. The van der Waals surface area contributed by atoms with Crippen LogP contribution in [0.2, 0.25) is 0 Å².